The van der Waals surface area contributed by atoms with Crippen molar-refractivity contribution >= 4 is 52.8 Å². The highest BCUT2D eigenvalue weighted by Gasteiger charge is 2.37. The number of benzene rings is 3. The Hall–Kier alpha value is -3.41. The molecular formula is C26H20Cl2N2O3. The molecule has 5 nitrogen and oxygen atoms in total. The number of halogens is 2. The summed E-state index contributed by atoms with van der Waals surface area (Å²) in [5.41, 5.74) is 5.49. The van der Waals surface area contributed by atoms with E-state index in [0.717, 1.165) is 16.9 Å². The van der Waals surface area contributed by atoms with Crippen LogP contribution in [0.2, 0.25) is 10.0 Å². The normalized spacial score (nSPS) is 15.2. The summed E-state index contributed by atoms with van der Waals surface area (Å²) in [5, 5.41) is 2.68. The first-order chi connectivity index (χ1) is 15.7. The topological polar surface area (TPSA) is 66.5 Å². The second kappa shape index (κ2) is 9.22. The zero-order valence-corrected chi connectivity index (χ0v) is 19.5. The van der Waals surface area contributed by atoms with Crippen LogP contribution in [0.25, 0.3) is 6.08 Å². The third kappa shape index (κ3) is 5.00. The lowest BCUT2D eigenvalue weighted by Crippen LogP contribution is -2.54. The summed E-state index contributed by atoms with van der Waals surface area (Å²) in [5.74, 6) is -1.48. The van der Waals surface area contributed by atoms with E-state index in [2.05, 4.69) is 37.4 Å². The van der Waals surface area contributed by atoms with Gasteiger partial charge in [-0.05, 0) is 61.2 Å². The Morgan fingerprint density at radius 1 is 0.818 bits per heavy atom. The Morgan fingerprint density at radius 3 is 2.12 bits per heavy atom. The maximum absolute atomic E-state index is 13.0. The predicted octanol–water partition coefficient (Wildman–Crippen LogP) is 5.87. The summed E-state index contributed by atoms with van der Waals surface area (Å²) < 4.78 is 0. The molecule has 1 aliphatic rings. The van der Waals surface area contributed by atoms with E-state index in [1.165, 1.54) is 41.0 Å². The van der Waals surface area contributed by atoms with Gasteiger partial charge in [-0.2, -0.15) is 0 Å². The number of nitrogens with zero attached hydrogens (tertiary/aromatic N) is 1. The van der Waals surface area contributed by atoms with Crippen LogP contribution in [0.15, 0.2) is 66.2 Å². The van der Waals surface area contributed by atoms with Crippen molar-refractivity contribution in [3.05, 3.63) is 104 Å². The van der Waals surface area contributed by atoms with Gasteiger partial charge in [0, 0.05) is 0 Å². The quantitative estimate of drug-likeness (QED) is 0.376. The lowest BCUT2D eigenvalue weighted by Gasteiger charge is -2.26. The fraction of sp³-hybridized carbons (Fsp3) is 0.115. The number of rotatable bonds is 4. The molecule has 0 saturated carbocycles. The highest BCUT2D eigenvalue weighted by molar-refractivity contribution is 6.43. The largest absolute Gasteiger partial charge is 0.335 e. The molecule has 3 aromatic carbocycles. The molecule has 166 valence electrons. The van der Waals surface area contributed by atoms with Gasteiger partial charge >= 0.3 is 6.03 Å². The van der Waals surface area contributed by atoms with Crippen LogP contribution in [-0.2, 0) is 16.0 Å². The lowest BCUT2D eigenvalue weighted by atomic mass is 9.99. The van der Waals surface area contributed by atoms with Crippen LogP contribution in [0, 0.1) is 13.8 Å². The van der Waals surface area contributed by atoms with Crippen LogP contribution < -0.4 is 10.2 Å². The lowest BCUT2D eigenvalue weighted by molar-refractivity contribution is -0.122. The van der Waals surface area contributed by atoms with Crippen LogP contribution in [0.3, 0.4) is 0 Å². The Bertz CT molecular complexity index is 1290. The van der Waals surface area contributed by atoms with Gasteiger partial charge in [0.05, 0.1) is 15.7 Å². The van der Waals surface area contributed by atoms with Gasteiger partial charge in [0.1, 0.15) is 5.57 Å². The van der Waals surface area contributed by atoms with Crippen molar-refractivity contribution < 1.29 is 14.4 Å². The van der Waals surface area contributed by atoms with Crippen LogP contribution >= 0.6 is 23.2 Å². The number of carbonyl (C=O) groups is 3. The molecule has 4 rings (SSSR count). The second-order valence-electron chi connectivity index (χ2n) is 7.97. The van der Waals surface area contributed by atoms with Gasteiger partial charge in [-0.15, -0.1) is 0 Å². The maximum Gasteiger partial charge on any atom is 0.335 e. The standard InChI is InChI=1S/C26H20Cl2N2O3/c1-15-9-16(2)11-19(10-15)12-17-3-5-18(6-4-17)13-21-24(31)29-26(33)30(25(21)32)20-7-8-22(27)23(28)14-20/h3-11,13-14H,12H2,1-2H3,(H,29,31,33)/b21-13+. The van der Waals surface area contributed by atoms with Gasteiger partial charge in [-0.3, -0.25) is 14.9 Å². The number of nitrogens with one attached hydrogen (secondary N) is 1. The minimum atomic E-state index is -0.843. The zero-order valence-electron chi connectivity index (χ0n) is 18.0. The van der Waals surface area contributed by atoms with Crippen LogP contribution in [-0.4, -0.2) is 17.8 Å². The predicted molar refractivity (Wildman–Crippen MR) is 131 cm³/mol. The van der Waals surface area contributed by atoms with E-state index in [0.29, 0.717) is 5.56 Å². The number of hydrogen-bond donors (Lipinski definition) is 1. The zero-order chi connectivity index (χ0) is 23.7. The summed E-state index contributed by atoms with van der Waals surface area (Å²) in [6, 6.07) is 17.6. The first-order valence-corrected chi connectivity index (χ1v) is 11.0. The molecule has 0 bridgehead atoms. The molecule has 1 saturated heterocycles. The Kier molecular flexibility index (Phi) is 6.36. The number of imide groups is 2. The molecule has 0 aromatic heterocycles. The first kappa shape index (κ1) is 22.8. The number of carbonyl (C=O) groups excluding carboxylic acids is 3. The van der Waals surface area contributed by atoms with Gasteiger partial charge in [0.2, 0.25) is 0 Å². The average molecular weight is 479 g/mol. The molecule has 0 unspecified atom stereocenters. The Balaban J connectivity index is 1.59. The average Bonchev–Trinajstić information content (AvgIpc) is 2.74. The van der Waals surface area contributed by atoms with Gasteiger partial charge < -0.3 is 0 Å². The number of barbiturate groups is 1. The SMILES string of the molecule is Cc1cc(C)cc(Cc2ccc(/C=C3\C(=O)NC(=O)N(c4ccc(Cl)c(Cl)c4)C3=O)cc2)c1. The second-order valence-corrected chi connectivity index (χ2v) is 8.78. The third-order valence-corrected chi connectivity index (χ3v) is 5.98. The minimum Gasteiger partial charge on any atom is -0.273 e. The molecule has 0 atom stereocenters. The van der Waals surface area contributed by atoms with E-state index in [-0.39, 0.29) is 21.3 Å². The molecule has 1 heterocycles. The summed E-state index contributed by atoms with van der Waals surface area (Å²) in [4.78, 5) is 38.6. The van der Waals surface area contributed by atoms with Gasteiger partial charge in [0.25, 0.3) is 11.8 Å². The van der Waals surface area contributed by atoms with Crippen molar-refractivity contribution in [1.29, 1.82) is 0 Å². The molecule has 1 aliphatic heterocycles. The monoisotopic (exact) mass is 478 g/mol. The summed E-state index contributed by atoms with van der Waals surface area (Å²) in [6.45, 7) is 4.15. The molecule has 1 fully saturated rings. The highest BCUT2D eigenvalue weighted by atomic mass is 35.5. The first-order valence-electron chi connectivity index (χ1n) is 10.2. The van der Waals surface area contributed by atoms with Crippen LogP contribution in [0.4, 0.5) is 10.5 Å². The maximum atomic E-state index is 13.0. The molecule has 1 N–H and O–H groups in total. The van der Waals surface area contributed by atoms with Gasteiger partial charge in [0.15, 0.2) is 0 Å². The molecule has 7 heteroatoms. The molecule has 33 heavy (non-hydrogen) atoms. The van der Waals surface area contributed by atoms with E-state index in [1.807, 2.05) is 24.3 Å². The van der Waals surface area contributed by atoms with Crippen LogP contribution in [0.5, 0.6) is 0 Å². The van der Waals surface area contributed by atoms with Crippen molar-refractivity contribution in [3.63, 3.8) is 0 Å². The van der Waals surface area contributed by atoms with Gasteiger partial charge in [-0.25, -0.2) is 9.69 Å². The number of aryl methyl sites for hydroxylation is 2. The minimum absolute atomic E-state index is 0.150. The van der Waals surface area contributed by atoms with E-state index in [4.69, 9.17) is 23.2 Å². The number of amides is 4. The van der Waals surface area contributed by atoms with Crippen molar-refractivity contribution in [1.82, 2.24) is 5.32 Å². The highest BCUT2D eigenvalue weighted by Crippen LogP contribution is 2.29. The Labute approximate surface area is 201 Å². The van der Waals surface area contributed by atoms with Crippen molar-refractivity contribution in [2.24, 2.45) is 0 Å². The van der Waals surface area contributed by atoms with Gasteiger partial charge in [-0.1, -0.05) is 76.8 Å². The van der Waals surface area contributed by atoms with E-state index in [1.54, 1.807) is 0 Å². The fourth-order valence-corrected chi connectivity index (χ4v) is 4.11. The molecule has 3 aromatic rings. The summed E-state index contributed by atoms with van der Waals surface area (Å²) in [7, 11) is 0. The van der Waals surface area contributed by atoms with Crippen LogP contribution in [0.1, 0.15) is 27.8 Å². The Morgan fingerprint density at radius 2 is 1.48 bits per heavy atom. The number of urea groups is 1. The summed E-state index contributed by atoms with van der Waals surface area (Å²) >= 11 is 12.0. The third-order valence-electron chi connectivity index (χ3n) is 5.24. The van der Waals surface area contributed by atoms with Crippen molar-refractivity contribution in [3.8, 4) is 0 Å². The number of hydrogen-bond acceptors (Lipinski definition) is 3. The van der Waals surface area contributed by atoms with E-state index in [9.17, 15) is 14.4 Å². The molecule has 0 aliphatic carbocycles. The molecular weight excluding hydrogens is 459 g/mol. The van der Waals surface area contributed by atoms with Crippen molar-refractivity contribution in [2.75, 3.05) is 4.90 Å². The molecule has 0 spiro atoms. The van der Waals surface area contributed by atoms with Crippen molar-refractivity contribution in [2.45, 2.75) is 20.3 Å². The van der Waals surface area contributed by atoms with E-state index >= 15 is 0 Å². The summed E-state index contributed by atoms with van der Waals surface area (Å²) in [6.07, 6.45) is 2.24. The number of anilines is 1. The fourth-order valence-electron chi connectivity index (χ4n) is 3.82. The smallest absolute Gasteiger partial charge is 0.273 e. The molecule has 0 radical (unpaired) electrons. The molecule has 4 amide bonds. The van der Waals surface area contributed by atoms with E-state index < -0.39 is 17.8 Å².